The van der Waals surface area contributed by atoms with Crippen molar-refractivity contribution in [2.24, 2.45) is 5.92 Å². The molecule has 0 aliphatic heterocycles. The molecule has 32 heavy (non-hydrogen) atoms. The van der Waals surface area contributed by atoms with Crippen molar-refractivity contribution >= 4 is 11.6 Å². The third-order valence-electron chi connectivity index (χ3n) is 5.36. The summed E-state index contributed by atoms with van der Waals surface area (Å²) in [5.74, 6) is 0.0843. The van der Waals surface area contributed by atoms with Gasteiger partial charge in [0.05, 0.1) is 23.0 Å². The minimum atomic E-state index is -4.52. The van der Waals surface area contributed by atoms with Crippen LogP contribution in [0.15, 0.2) is 60.9 Å². The van der Waals surface area contributed by atoms with Gasteiger partial charge in [0.2, 0.25) is 11.7 Å². The predicted molar refractivity (Wildman–Crippen MR) is 108 cm³/mol. The van der Waals surface area contributed by atoms with E-state index < -0.39 is 11.7 Å². The van der Waals surface area contributed by atoms with Gasteiger partial charge in [-0.15, -0.1) is 10.2 Å². The SMILES string of the molecule is O=C(Nc1ccc(-n2cc(C(F)(F)F)cn2)c(-c2nn[nH]n2)c1)[C@@H]1C[C@H]1c1ccccc1. The van der Waals surface area contributed by atoms with E-state index in [4.69, 9.17) is 0 Å². The van der Waals surface area contributed by atoms with Gasteiger partial charge in [0.25, 0.3) is 0 Å². The van der Waals surface area contributed by atoms with E-state index in [1.54, 1.807) is 18.2 Å². The number of aromatic nitrogens is 6. The van der Waals surface area contributed by atoms with Gasteiger partial charge in [-0.3, -0.25) is 4.79 Å². The molecule has 0 bridgehead atoms. The highest BCUT2D eigenvalue weighted by Crippen LogP contribution is 2.48. The highest BCUT2D eigenvalue weighted by atomic mass is 19.4. The first-order valence-corrected chi connectivity index (χ1v) is 9.76. The fourth-order valence-corrected chi connectivity index (χ4v) is 3.66. The molecule has 162 valence electrons. The lowest BCUT2D eigenvalue weighted by Gasteiger charge is -2.11. The van der Waals surface area contributed by atoms with Crippen molar-refractivity contribution in [3.63, 3.8) is 0 Å². The molecule has 2 aromatic heterocycles. The van der Waals surface area contributed by atoms with Gasteiger partial charge >= 0.3 is 6.18 Å². The van der Waals surface area contributed by atoms with Crippen LogP contribution in [-0.4, -0.2) is 36.3 Å². The maximum Gasteiger partial charge on any atom is 0.419 e. The molecule has 11 heteroatoms. The van der Waals surface area contributed by atoms with Crippen molar-refractivity contribution in [2.45, 2.75) is 18.5 Å². The highest BCUT2D eigenvalue weighted by Gasteiger charge is 2.43. The molecule has 1 aliphatic rings. The quantitative estimate of drug-likeness (QED) is 0.492. The van der Waals surface area contributed by atoms with E-state index in [1.165, 1.54) is 0 Å². The lowest BCUT2D eigenvalue weighted by atomic mass is 10.1. The van der Waals surface area contributed by atoms with Crippen LogP contribution in [0.2, 0.25) is 0 Å². The second kappa shape index (κ2) is 7.59. The number of aromatic amines is 1. The van der Waals surface area contributed by atoms with Crippen LogP contribution in [0.5, 0.6) is 0 Å². The molecule has 5 rings (SSSR count). The summed E-state index contributed by atoms with van der Waals surface area (Å²) in [4.78, 5) is 12.7. The van der Waals surface area contributed by atoms with Crippen LogP contribution in [-0.2, 0) is 11.0 Å². The first-order chi connectivity index (χ1) is 15.4. The van der Waals surface area contributed by atoms with E-state index in [0.29, 0.717) is 16.9 Å². The number of carbonyl (C=O) groups excluding carboxylic acids is 1. The molecule has 2 N–H and O–H groups in total. The summed E-state index contributed by atoms with van der Waals surface area (Å²) in [6, 6.07) is 14.6. The Bertz CT molecular complexity index is 1250. The van der Waals surface area contributed by atoms with Crippen LogP contribution in [0.3, 0.4) is 0 Å². The maximum absolute atomic E-state index is 13.0. The monoisotopic (exact) mass is 439 g/mol. The third kappa shape index (κ3) is 3.84. The summed E-state index contributed by atoms with van der Waals surface area (Å²) in [5.41, 5.74) is 1.39. The van der Waals surface area contributed by atoms with E-state index in [1.807, 2.05) is 30.3 Å². The van der Waals surface area contributed by atoms with Crippen molar-refractivity contribution in [3.8, 4) is 17.1 Å². The fourth-order valence-electron chi connectivity index (χ4n) is 3.66. The van der Waals surface area contributed by atoms with Crippen molar-refractivity contribution in [3.05, 3.63) is 72.1 Å². The largest absolute Gasteiger partial charge is 0.419 e. The summed E-state index contributed by atoms with van der Waals surface area (Å²) in [6.07, 6.45) is -2.13. The van der Waals surface area contributed by atoms with E-state index in [9.17, 15) is 18.0 Å². The normalized spacial score (nSPS) is 17.8. The number of tetrazole rings is 1. The van der Waals surface area contributed by atoms with E-state index >= 15 is 0 Å². The van der Waals surface area contributed by atoms with Crippen LogP contribution < -0.4 is 5.32 Å². The Labute approximate surface area is 179 Å². The number of carbonyl (C=O) groups is 1. The minimum absolute atomic E-state index is 0.121. The maximum atomic E-state index is 13.0. The number of amides is 1. The van der Waals surface area contributed by atoms with Crippen LogP contribution in [0.4, 0.5) is 18.9 Å². The summed E-state index contributed by atoms with van der Waals surface area (Å²) < 4.78 is 40.1. The van der Waals surface area contributed by atoms with Gasteiger partial charge in [0.1, 0.15) is 0 Å². The average Bonchev–Trinajstić information content (AvgIpc) is 3.15. The topological polar surface area (TPSA) is 101 Å². The van der Waals surface area contributed by atoms with Crippen molar-refractivity contribution in [1.82, 2.24) is 30.4 Å². The van der Waals surface area contributed by atoms with Gasteiger partial charge in [0, 0.05) is 17.8 Å². The molecule has 0 saturated heterocycles. The zero-order valence-electron chi connectivity index (χ0n) is 16.4. The molecule has 1 amide bonds. The van der Waals surface area contributed by atoms with Crippen molar-refractivity contribution in [1.29, 1.82) is 0 Å². The smallest absolute Gasteiger partial charge is 0.326 e. The Hall–Kier alpha value is -4.02. The number of hydrogen-bond donors (Lipinski definition) is 2. The molecule has 1 fully saturated rings. The van der Waals surface area contributed by atoms with Gasteiger partial charge in [-0.05, 0) is 41.3 Å². The molecule has 1 aliphatic carbocycles. The number of hydrogen-bond acceptors (Lipinski definition) is 5. The van der Waals surface area contributed by atoms with Gasteiger partial charge in [-0.2, -0.15) is 23.5 Å². The Morgan fingerprint density at radius 1 is 1.16 bits per heavy atom. The molecular weight excluding hydrogens is 423 g/mol. The zero-order chi connectivity index (χ0) is 22.3. The van der Waals surface area contributed by atoms with Crippen LogP contribution in [0.1, 0.15) is 23.5 Å². The first-order valence-electron chi connectivity index (χ1n) is 9.76. The van der Waals surface area contributed by atoms with Gasteiger partial charge in [-0.1, -0.05) is 30.3 Å². The summed E-state index contributed by atoms with van der Waals surface area (Å²) in [7, 11) is 0. The number of alkyl halides is 3. The Morgan fingerprint density at radius 2 is 1.97 bits per heavy atom. The van der Waals surface area contributed by atoms with Gasteiger partial charge in [-0.25, -0.2) is 4.68 Å². The molecule has 2 heterocycles. The van der Waals surface area contributed by atoms with Crippen molar-refractivity contribution in [2.75, 3.05) is 5.32 Å². The molecule has 0 radical (unpaired) electrons. The first kappa shape index (κ1) is 19.9. The number of nitrogens with zero attached hydrogens (tertiary/aromatic N) is 5. The number of anilines is 1. The standard InChI is InChI=1S/C21H16F3N7O/c22-21(23,24)13-10-25-31(11-13)18-7-6-14(8-17(18)19-27-29-30-28-19)26-20(32)16-9-15(16)12-4-2-1-3-5-12/h1-8,10-11,15-16H,9H2,(H,26,32)(H,27,28,29,30)/t15-,16+/m0/s1. The second-order valence-corrected chi connectivity index (χ2v) is 7.49. The van der Waals surface area contributed by atoms with E-state index in [-0.39, 0.29) is 23.6 Å². The third-order valence-corrected chi connectivity index (χ3v) is 5.36. The molecule has 8 nitrogen and oxygen atoms in total. The van der Waals surface area contributed by atoms with Crippen molar-refractivity contribution < 1.29 is 18.0 Å². The predicted octanol–water partition coefficient (Wildman–Crippen LogP) is 3.81. The fraction of sp³-hybridized carbons (Fsp3) is 0.190. The number of halogens is 3. The van der Waals surface area contributed by atoms with Gasteiger partial charge < -0.3 is 5.32 Å². The molecule has 0 unspecified atom stereocenters. The minimum Gasteiger partial charge on any atom is -0.326 e. The zero-order valence-corrected chi connectivity index (χ0v) is 16.4. The van der Waals surface area contributed by atoms with Gasteiger partial charge in [0.15, 0.2) is 0 Å². The van der Waals surface area contributed by atoms with E-state index in [2.05, 4.69) is 31.0 Å². The molecule has 2 aromatic carbocycles. The number of nitrogens with one attached hydrogen (secondary N) is 2. The van der Waals surface area contributed by atoms with Crippen LogP contribution >= 0.6 is 0 Å². The molecule has 2 atom stereocenters. The molecular formula is C21H16F3N7O. The van der Waals surface area contributed by atoms with Crippen LogP contribution in [0, 0.1) is 5.92 Å². The Morgan fingerprint density at radius 3 is 2.66 bits per heavy atom. The highest BCUT2D eigenvalue weighted by molar-refractivity contribution is 5.96. The number of benzene rings is 2. The number of H-pyrrole nitrogens is 1. The van der Waals surface area contributed by atoms with Crippen LogP contribution in [0.25, 0.3) is 17.1 Å². The lowest BCUT2D eigenvalue weighted by molar-refractivity contribution is -0.137. The number of rotatable bonds is 5. The second-order valence-electron chi connectivity index (χ2n) is 7.49. The average molecular weight is 439 g/mol. The lowest BCUT2D eigenvalue weighted by Crippen LogP contribution is -2.15. The molecule has 0 spiro atoms. The summed E-state index contributed by atoms with van der Waals surface area (Å²) in [5, 5.41) is 20.4. The summed E-state index contributed by atoms with van der Waals surface area (Å²) >= 11 is 0. The van der Waals surface area contributed by atoms with E-state index in [0.717, 1.165) is 29.1 Å². The Balaban J connectivity index is 1.41. The Kier molecular flexibility index (Phi) is 4.72. The molecule has 1 saturated carbocycles. The summed E-state index contributed by atoms with van der Waals surface area (Å²) in [6.45, 7) is 0. The molecule has 4 aromatic rings.